The molecule has 10 heteroatoms. The predicted octanol–water partition coefficient (Wildman–Crippen LogP) is 1.47. The molecule has 5 N–H and O–H groups in total. The molecule has 3 rings (SSSR count). The highest BCUT2D eigenvalue weighted by molar-refractivity contribution is 6.30. The monoisotopic (exact) mass is 452 g/mol. The van der Waals surface area contributed by atoms with Gasteiger partial charge >= 0.3 is 11.9 Å². The van der Waals surface area contributed by atoms with E-state index in [0.29, 0.717) is 0 Å². The lowest BCUT2D eigenvalue weighted by Crippen LogP contribution is -2.39. The molecule has 0 radical (unpaired) electrons. The Morgan fingerprint density at radius 2 is 1.58 bits per heavy atom. The number of ether oxygens (including phenoxy) is 1. The number of aliphatic hydroxyl groups excluding tert-OH is 2. The number of carboxylic acids is 2. The number of carboxylic acid groups (broad SMARTS) is 2. The van der Waals surface area contributed by atoms with Crippen LogP contribution in [-0.2, 0) is 14.3 Å². The van der Waals surface area contributed by atoms with Crippen molar-refractivity contribution in [3.8, 4) is 0 Å². The lowest BCUT2D eigenvalue weighted by Gasteiger charge is -2.28. The highest BCUT2D eigenvalue weighted by Crippen LogP contribution is 2.28. The van der Waals surface area contributed by atoms with E-state index in [4.69, 9.17) is 36.8 Å². The number of nitrogens with one attached hydrogen (secondary N) is 1. The van der Waals surface area contributed by atoms with Crippen LogP contribution in [0.5, 0.6) is 0 Å². The summed E-state index contributed by atoms with van der Waals surface area (Å²) in [5.74, 6) is -3.54. The average Bonchev–Trinajstić information content (AvgIpc) is 2.78. The Kier molecular flexibility index (Phi) is 9.83. The van der Waals surface area contributed by atoms with Crippen LogP contribution in [0.25, 0.3) is 0 Å². The third-order valence-corrected chi connectivity index (χ3v) is 4.80. The molecule has 1 aliphatic heterocycles. The number of nitrogens with zero attached hydrogens (tertiary/aromatic N) is 1. The summed E-state index contributed by atoms with van der Waals surface area (Å²) in [6.45, 7) is 2.03. The lowest BCUT2D eigenvalue weighted by atomic mass is 10.0. The SMILES string of the molecule is Clc1ccc(C(OC2CCNCC2)c2ccccn2)cc1.O=C(O)C(O)[C@@H](O)C(=O)O. The fourth-order valence-corrected chi connectivity index (χ4v) is 3.01. The third-order valence-electron chi connectivity index (χ3n) is 4.55. The molecule has 168 valence electrons. The van der Waals surface area contributed by atoms with Gasteiger partial charge in [-0.05, 0) is 55.8 Å². The van der Waals surface area contributed by atoms with Crippen LogP contribution in [0.3, 0.4) is 0 Å². The molecule has 9 nitrogen and oxygen atoms in total. The second-order valence-electron chi connectivity index (χ2n) is 6.84. The Morgan fingerprint density at radius 1 is 1.00 bits per heavy atom. The van der Waals surface area contributed by atoms with E-state index >= 15 is 0 Å². The summed E-state index contributed by atoms with van der Waals surface area (Å²) in [5, 5.41) is 36.6. The number of rotatable bonds is 7. The van der Waals surface area contributed by atoms with Gasteiger partial charge in [-0.25, -0.2) is 9.59 Å². The van der Waals surface area contributed by atoms with Crippen molar-refractivity contribution >= 4 is 23.5 Å². The Hall–Kier alpha value is -2.56. The smallest absolute Gasteiger partial charge is 0.335 e. The van der Waals surface area contributed by atoms with Gasteiger partial charge in [0.15, 0.2) is 12.2 Å². The molecule has 1 fully saturated rings. The summed E-state index contributed by atoms with van der Waals surface area (Å²) in [7, 11) is 0. The number of aromatic nitrogens is 1. The minimum atomic E-state index is -2.27. The number of aliphatic carboxylic acids is 2. The maximum absolute atomic E-state index is 9.77. The summed E-state index contributed by atoms with van der Waals surface area (Å²) < 4.78 is 6.36. The molecule has 1 aromatic carbocycles. The van der Waals surface area contributed by atoms with Crippen molar-refractivity contribution in [1.29, 1.82) is 0 Å². The van der Waals surface area contributed by atoms with E-state index < -0.39 is 24.1 Å². The normalized spacial score (nSPS) is 17.0. The maximum Gasteiger partial charge on any atom is 0.335 e. The Balaban J connectivity index is 0.000000291. The fourth-order valence-electron chi connectivity index (χ4n) is 2.88. The number of aliphatic hydroxyl groups is 2. The summed E-state index contributed by atoms with van der Waals surface area (Å²) in [4.78, 5) is 24.0. The van der Waals surface area contributed by atoms with Crippen LogP contribution < -0.4 is 5.32 Å². The predicted molar refractivity (Wildman–Crippen MR) is 112 cm³/mol. The summed E-state index contributed by atoms with van der Waals surface area (Å²) in [5.41, 5.74) is 2.04. The molecule has 1 saturated heterocycles. The van der Waals surface area contributed by atoms with Gasteiger partial charge in [0.25, 0.3) is 0 Å². The molecule has 3 atom stereocenters. The molecule has 0 spiro atoms. The van der Waals surface area contributed by atoms with Crippen molar-refractivity contribution in [3.05, 3.63) is 64.9 Å². The number of pyridine rings is 1. The Morgan fingerprint density at radius 3 is 2.06 bits per heavy atom. The van der Waals surface area contributed by atoms with Crippen LogP contribution in [0.1, 0.15) is 30.2 Å². The van der Waals surface area contributed by atoms with E-state index in [1.54, 1.807) is 0 Å². The van der Waals surface area contributed by atoms with Crippen molar-refractivity contribution in [2.75, 3.05) is 13.1 Å². The van der Waals surface area contributed by atoms with E-state index in [0.717, 1.165) is 42.2 Å². The number of carbonyl (C=O) groups is 2. The zero-order chi connectivity index (χ0) is 22.8. The molecule has 2 unspecified atom stereocenters. The number of halogens is 1. The first-order valence-corrected chi connectivity index (χ1v) is 10.0. The van der Waals surface area contributed by atoms with Crippen LogP contribution in [0.4, 0.5) is 0 Å². The fraction of sp³-hybridized carbons (Fsp3) is 0.381. The molecule has 2 heterocycles. The quantitative estimate of drug-likeness (QED) is 0.420. The number of benzene rings is 1. The number of hydrogen-bond acceptors (Lipinski definition) is 7. The first-order chi connectivity index (χ1) is 14.8. The average molecular weight is 453 g/mol. The van der Waals surface area contributed by atoms with Crippen molar-refractivity contribution in [1.82, 2.24) is 10.3 Å². The second kappa shape index (κ2) is 12.3. The van der Waals surface area contributed by atoms with Crippen LogP contribution in [0.2, 0.25) is 5.02 Å². The molecule has 0 bridgehead atoms. The van der Waals surface area contributed by atoms with Crippen LogP contribution in [0.15, 0.2) is 48.7 Å². The van der Waals surface area contributed by atoms with Crippen molar-refractivity contribution in [3.63, 3.8) is 0 Å². The van der Waals surface area contributed by atoms with E-state index in [9.17, 15) is 9.59 Å². The third kappa shape index (κ3) is 7.89. The van der Waals surface area contributed by atoms with E-state index in [2.05, 4.69) is 10.3 Å². The second-order valence-corrected chi connectivity index (χ2v) is 7.27. The Bertz CT molecular complexity index is 811. The summed E-state index contributed by atoms with van der Waals surface area (Å²) >= 11 is 5.99. The van der Waals surface area contributed by atoms with Gasteiger partial charge in [0.1, 0.15) is 6.10 Å². The highest BCUT2D eigenvalue weighted by Gasteiger charge is 2.29. The molecule has 0 aliphatic carbocycles. The Labute approximate surface area is 184 Å². The molecule has 1 aliphatic rings. The molecule has 2 aromatic rings. The molecular formula is C21H25ClN2O7. The van der Waals surface area contributed by atoms with E-state index in [1.807, 2.05) is 48.7 Å². The largest absolute Gasteiger partial charge is 0.479 e. The van der Waals surface area contributed by atoms with Crippen molar-refractivity contribution < 1.29 is 34.8 Å². The first-order valence-electron chi connectivity index (χ1n) is 9.64. The van der Waals surface area contributed by atoms with Crippen molar-refractivity contribution in [2.45, 2.75) is 37.3 Å². The van der Waals surface area contributed by atoms with Gasteiger partial charge in [-0.15, -0.1) is 0 Å². The molecule has 1 aromatic heterocycles. The maximum atomic E-state index is 9.77. The summed E-state index contributed by atoms with van der Waals surface area (Å²) in [6.07, 6.45) is -0.506. The van der Waals surface area contributed by atoms with Gasteiger partial charge in [-0.3, -0.25) is 4.98 Å². The van der Waals surface area contributed by atoms with Crippen molar-refractivity contribution in [2.24, 2.45) is 0 Å². The highest BCUT2D eigenvalue weighted by atomic mass is 35.5. The standard InChI is InChI=1S/C17H19ClN2O.C4H6O6/c18-14-6-4-13(5-7-14)17(16-3-1-2-10-20-16)21-15-8-11-19-12-9-15;5-1(3(7)8)2(6)4(9)10/h1-7,10,15,17,19H,8-9,11-12H2;1-2,5-6H,(H,7,8)(H,9,10)/t;1-,2?/m.1/s1. The first kappa shape index (κ1) is 24.7. The van der Waals surface area contributed by atoms with E-state index in [-0.39, 0.29) is 12.2 Å². The zero-order valence-electron chi connectivity index (χ0n) is 16.6. The zero-order valence-corrected chi connectivity index (χ0v) is 17.4. The van der Waals surface area contributed by atoms with Gasteiger partial charge < -0.3 is 30.5 Å². The summed E-state index contributed by atoms with van der Waals surface area (Å²) in [6, 6.07) is 13.8. The van der Waals surface area contributed by atoms with Gasteiger partial charge in [0, 0.05) is 11.2 Å². The van der Waals surface area contributed by atoms with Crippen LogP contribution in [0, 0.1) is 0 Å². The number of piperidine rings is 1. The van der Waals surface area contributed by atoms with Crippen LogP contribution >= 0.6 is 11.6 Å². The molecule has 31 heavy (non-hydrogen) atoms. The van der Waals surface area contributed by atoms with Crippen LogP contribution in [-0.4, -0.2) is 68.8 Å². The lowest BCUT2D eigenvalue weighted by molar-refractivity contribution is -0.165. The minimum Gasteiger partial charge on any atom is -0.479 e. The molecule has 0 amide bonds. The van der Waals surface area contributed by atoms with Gasteiger partial charge in [0.05, 0.1) is 11.8 Å². The van der Waals surface area contributed by atoms with Gasteiger partial charge in [0.2, 0.25) is 0 Å². The molecule has 0 saturated carbocycles. The topological polar surface area (TPSA) is 149 Å². The minimum absolute atomic E-state index is 0.133. The van der Waals surface area contributed by atoms with E-state index in [1.165, 1.54) is 0 Å². The van der Waals surface area contributed by atoms with Gasteiger partial charge in [-0.1, -0.05) is 29.8 Å². The molecular weight excluding hydrogens is 428 g/mol. The van der Waals surface area contributed by atoms with Gasteiger partial charge in [-0.2, -0.15) is 0 Å². The number of hydrogen-bond donors (Lipinski definition) is 5.